The van der Waals surface area contributed by atoms with Crippen molar-refractivity contribution >= 4 is 56.6 Å². The quantitative estimate of drug-likeness (QED) is 0.474. The Labute approximate surface area is 214 Å². The number of likely N-dealkylation sites (N-methyl/N-ethyl adjacent to an activating group) is 1. The van der Waals surface area contributed by atoms with Crippen molar-refractivity contribution < 1.29 is 14.3 Å². The monoisotopic (exact) mass is 545 g/mol. The maximum atomic E-state index is 13.8. The molecule has 0 aromatic heterocycles. The number of hydrogen-bond acceptors (Lipinski definition) is 4. The lowest BCUT2D eigenvalue weighted by Gasteiger charge is -2.28. The molecule has 0 radical (unpaired) electrons. The molecule has 2 unspecified atom stereocenters. The van der Waals surface area contributed by atoms with E-state index in [4.69, 9.17) is 4.74 Å². The van der Waals surface area contributed by atoms with Crippen molar-refractivity contribution in [3.05, 3.63) is 70.2 Å². The molecule has 6 nitrogen and oxygen atoms in total. The Balaban J connectivity index is 0.00000324. The Morgan fingerprint density at radius 2 is 1.97 bits per heavy atom. The second-order valence-electron chi connectivity index (χ2n) is 8.28. The Bertz CT molecular complexity index is 1200. The fourth-order valence-electron chi connectivity index (χ4n) is 4.30. The largest absolute Gasteiger partial charge is 0.496 e. The third kappa shape index (κ3) is 5.22. The van der Waals surface area contributed by atoms with Crippen LogP contribution in [-0.2, 0) is 22.6 Å². The lowest BCUT2D eigenvalue weighted by Crippen LogP contribution is -2.52. The van der Waals surface area contributed by atoms with Crippen molar-refractivity contribution in [2.24, 2.45) is 0 Å². The molecule has 2 N–H and O–H groups in total. The Hall–Kier alpha value is -2.61. The van der Waals surface area contributed by atoms with Crippen LogP contribution in [0.3, 0.4) is 0 Å². The van der Waals surface area contributed by atoms with E-state index in [9.17, 15) is 9.59 Å². The molecule has 0 aliphatic carbocycles. The molecule has 3 aromatic rings. The molecule has 8 heteroatoms. The predicted molar refractivity (Wildman–Crippen MR) is 142 cm³/mol. The second-order valence-corrected chi connectivity index (χ2v) is 9.19. The second kappa shape index (κ2) is 11.2. The summed E-state index contributed by atoms with van der Waals surface area (Å²) in [5.41, 5.74) is 2.89. The van der Waals surface area contributed by atoms with Gasteiger partial charge in [-0.2, -0.15) is 0 Å². The summed E-state index contributed by atoms with van der Waals surface area (Å²) in [5, 5.41) is 7.97. The molecular weight excluding hydrogens is 518 g/mol. The smallest absolute Gasteiger partial charge is 0.249 e. The van der Waals surface area contributed by atoms with Crippen LogP contribution < -0.4 is 20.3 Å². The van der Waals surface area contributed by atoms with Gasteiger partial charge >= 0.3 is 0 Å². The van der Waals surface area contributed by atoms with Gasteiger partial charge < -0.3 is 20.3 Å². The van der Waals surface area contributed by atoms with Gasteiger partial charge in [-0.25, -0.2) is 0 Å². The molecule has 1 aliphatic rings. The number of halogens is 2. The summed E-state index contributed by atoms with van der Waals surface area (Å²) in [6.45, 7) is 2.12. The van der Waals surface area contributed by atoms with Crippen LogP contribution in [0, 0.1) is 0 Å². The maximum absolute atomic E-state index is 13.8. The van der Waals surface area contributed by atoms with Crippen LogP contribution in [0.25, 0.3) is 10.8 Å². The highest BCUT2D eigenvalue weighted by atomic mass is 79.9. The number of nitrogens with zero attached hydrogens (tertiary/aromatic N) is 1. The summed E-state index contributed by atoms with van der Waals surface area (Å²) in [4.78, 5) is 28.2. The molecule has 3 aromatic carbocycles. The molecule has 180 valence electrons. The Kier molecular flexibility index (Phi) is 8.57. The lowest BCUT2D eigenvalue weighted by atomic mass is 10.0. The molecule has 0 bridgehead atoms. The third-order valence-electron chi connectivity index (χ3n) is 6.28. The van der Waals surface area contributed by atoms with Gasteiger partial charge in [0.05, 0.1) is 19.7 Å². The van der Waals surface area contributed by atoms with Crippen molar-refractivity contribution in [1.82, 2.24) is 10.6 Å². The molecule has 2 amide bonds. The molecule has 0 spiro atoms. The number of carbonyl (C=O) groups is 2. The minimum Gasteiger partial charge on any atom is -0.496 e. The fraction of sp³-hybridized carbons (Fsp3) is 0.308. The number of hydrogen-bond donors (Lipinski definition) is 2. The molecular formula is C26H29BrClN3O3. The van der Waals surface area contributed by atoms with Crippen molar-refractivity contribution in [3.8, 4) is 5.75 Å². The average molecular weight is 547 g/mol. The van der Waals surface area contributed by atoms with Gasteiger partial charge in [0.25, 0.3) is 0 Å². The number of carbonyl (C=O) groups excluding carboxylic acids is 2. The number of anilines is 1. The highest BCUT2D eigenvalue weighted by Gasteiger charge is 2.32. The topological polar surface area (TPSA) is 70.7 Å². The van der Waals surface area contributed by atoms with Gasteiger partial charge in [0.1, 0.15) is 11.8 Å². The first kappa shape index (κ1) is 26.0. The van der Waals surface area contributed by atoms with Crippen LogP contribution >= 0.6 is 28.3 Å². The van der Waals surface area contributed by atoms with Gasteiger partial charge in [-0.3, -0.25) is 9.59 Å². The maximum Gasteiger partial charge on any atom is 0.249 e. The molecule has 1 heterocycles. The predicted octanol–water partition coefficient (Wildman–Crippen LogP) is 4.60. The van der Waals surface area contributed by atoms with Crippen LogP contribution in [0.5, 0.6) is 5.75 Å². The van der Waals surface area contributed by atoms with E-state index in [2.05, 4.69) is 32.6 Å². The van der Waals surface area contributed by atoms with Crippen molar-refractivity contribution in [1.29, 1.82) is 0 Å². The first-order valence-electron chi connectivity index (χ1n) is 11.0. The molecule has 0 saturated carbocycles. The van der Waals surface area contributed by atoms with Crippen LogP contribution in [-0.4, -0.2) is 38.1 Å². The van der Waals surface area contributed by atoms with E-state index in [-0.39, 0.29) is 30.3 Å². The lowest BCUT2D eigenvalue weighted by molar-refractivity contribution is -0.128. The van der Waals surface area contributed by atoms with Crippen LogP contribution in [0.2, 0.25) is 0 Å². The van der Waals surface area contributed by atoms with Crippen molar-refractivity contribution in [3.63, 3.8) is 0 Å². The number of methoxy groups -OCH3 is 1. The van der Waals surface area contributed by atoms with Gasteiger partial charge in [0, 0.05) is 15.7 Å². The zero-order valence-electron chi connectivity index (χ0n) is 19.4. The zero-order chi connectivity index (χ0) is 23.5. The van der Waals surface area contributed by atoms with Gasteiger partial charge in [0.2, 0.25) is 11.8 Å². The summed E-state index contributed by atoms with van der Waals surface area (Å²) < 4.78 is 6.68. The van der Waals surface area contributed by atoms with E-state index in [1.807, 2.05) is 48.5 Å². The number of fused-ring (bicyclic) bond motifs is 2. The van der Waals surface area contributed by atoms with Crippen LogP contribution in [0.4, 0.5) is 5.69 Å². The number of aryl methyl sites for hydroxylation is 1. The fourth-order valence-corrected chi connectivity index (χ4v) is 4.68. The summed E-state index contributed by atoms with van der Waals surface area (Å²) in [6.07, 6.45) is 1.26. The van der Waals surface area contributed by atoms with Gasteiger partial charge in [-0.15, -0.1) is 12.4 Å². The number of ether oxygens (including phenoxy) is 1. The number of nitrogens with one attached hydrogen (secondary N) is 2. The minimum atomic E-state index is -0.601. The normalized spacial score (nSPS) is 16.3. The van der Waals surface area contributed by atoms with Crippen LogP contribution in [0.1, 0.15) is 24.5 Å². The van der Waals surface area contributed by atoms with Gasteiger partial charge in [-0.05, 0) is 67.4 Å². The molecule has 1 aliphatic heterocycles. The molecule has 0 fully saturated rings. The molecule has 0 saturated heterocycles. The van der Waals surface area contributed by atoms with E-state index < -0.39 is 6.04 Å². The summed E-state index contributed by atoms with van der Waals surface area (Å²) in [7, 11) is 3.37. The van der Waals surface area contributed by atoms with Crippen molar-refractivity contribution in [2.45, 2.75) is 38.4 Å². The van der Waals surface area contributed by atoms with E-state index in [0.29, 0.717) is 19.4 Å². The first-order valence-corrected chi connectivity index (χ1v) is 11.8. The Morgan fingerprint density at radius 3 is 2.71 bits per heavy atom. The SMILES string of the molecule is CNC(C)C(=O)NC1CCc2ccccc2N(Cc2c(OC)ccc3cc(Br)ccc23)C1=O.Cl. The third-order valence-corrected chi connectivity index (χ3v) is 6.77. The zero-order valence-corrected chi connectivity index (χ0v) is 21.8. The number of amides is 2. The van der Waals surface area contributed by atoms with E-state index in [1.54, 1.807) is 26.0 Å². The molecule has 2 atom stereocenters. The Morgan fingerprint density at radius 1 is 1.21 bits per heavy atom. The van der Waals surface area contributed by atoms with Crippen molar-refractivity contribution in [2.75, 3.05) is 19.1 Å². The number of para-hydroxylation sites is 1. The van der Waals surface area contributed by atoms with E-state index in [0.717, 1.165) is 37.8 Å². The standard InChI is InChI=1S/C26H28BrN3O3.ClH/c1-16(28-2)25(31)29-22-12-8-17-6-4-5-7-23(17)30(26(22)32)15-21-20-11-10-19(27)14-18(20)9-13-24(21)33-3;/h4-7,9-11,13-14,16,22,28H,8,12,15H2,1-3H3,(H,29,31);1H. The summed E-state index contributed by atoms with van der Waals surface area (Å²) in [5.74, 6) is 0.422. The first-order chi connectivity index (χ1) is 15.9. The average Bonchev–Trinajstić information content (AvgIpc) is 2.95. The summed E-state index contributed by atoms with van der Waals surface area (Å²) >= 11 is 3.54. The summed E-state index contributed by atoms with van der Waals surface area (Å²) in [6, 6.07) is 17.0. The molecule has 4 rings (SSSR count). The highest BCUT2D eigenvalue weighted by molar-refractivity contribution is 9.10. The van der Waals surface area contributed by atoms with Gasteiger partial charge in [0.15, 0.2) is 0 Å². The highest BCUT2D eigenvalue weighted by Crippen LogP contribution is 2.34. The van der Waals surface area contributed by atoms with Gasteiger partial charge in [-0.1, -0.05) is 46.3 Å². The van der Waals surface area contributed by atoms with E-state index in [1.165, 1.54) is 0 Å². The minimum absolute atomic E-state index is 0. The van der Waals surface area contributed by atoms with E-state index >= 15 is 0 Å². The molecule has 34 heavy (non-hydrogen) atoms. The number of benzene rings is 3. The number of rotatable bonds is 6. The van der Waals surface area contributed by atoms with Crippen LogP contribution in [0.15, 0.2) is 59.1 Å².